The van der Waals surface area contributed by atoms with E-state index in [9.17, 15) is 4.79 Å². The molecule has 24 heavy (non-hydrogen) atoms. The van der Waals surface area contributed by atoms with E-state index >= 15 is 0 Å². The molecule has 0 saturated heterocycles. The van der Waals surface area contributed by atoms with E-state index in [4.69, 9.17) is 14.2 Å². The predicted octanol–water partition coefficient (Wildman–Crippen LogP) is 4.26. The molecule has 0 saturated carbocycles. The van der Waals surface area contributed by atoms with Crippen LogP contribution in [0.3, 0.4) is 0 Å². The zero-order valence-electron chi connectivity index (χ0n) is 14.7. The quantitative estimate of drug-likeness (QED) is 0.562. The van der Waals surface area contributed by atoms with Crippen molar-refractivity contribution in [1.82, 2.24) is 0 Å². The van der Waals surface area contributed by atoms with Gasteiger partial charge in [0.25, 0.3) is 0 Å². The van der Waals surface area contributed by atoms with Gasteiger partial charge in [-0.2, -0.15) is 0 Å². The first-order valence-corrected chi connectivity index (χ1v) is 7.93. The highest BCUT2D eigenvalue weighted by molar-refractivity contribution is 5.75. The molecule has 0 radical (unpaired) electrons. The van der Waals surface area contributed by atoms with Gasteiger partial charge in [-0.1, -0.05) is 32.9 Å². The monoisotopic (exact) mass is 328 g/mol. The van der Waals surface area contributed by atoms with Crippen molar-refractivity contribution in [2.24, 2.45) is 0 Å². The number of hydrogen-bond acceptors (Lipinski definition) is 4. The Balaban J connectivity index is 1.97. The summed E-state index contributed by atoms with van der Waals surface area (Å²) in [6, 6.07) is 12.9. The van der Waals surface area contributed by atoms with Gasteiger partial charge in [-0.05, 0) is 35.7 Å². The lowest BCUT2D eigenvalue weighted by atomic mass is 9.86. The van der Waals surface area contributed by atoms with Gasteiger partial charge in [-0.25, -0.2) is 0 Å². The van der Waals surface area contributed by atoms with Gasteiger partial charge in [-0.3, -0.25) is 4.79 Å². The minimum absolute atomic E-state index is 0.0526. The third-order valence-corrected chi connectivity index (χ3v) is 3.60. The third kappa shape index (κ3) is 4.75. The van der Waals surface area contributed by atoms with Crippen molar-refractivity contribution in [3.63, 3.8) is 0 Å². The molecular formula is C20H24O4. The molecule has 0 N–H and O–H groups in total. The normalized spacial score (nSPS) is 11.0. The Labute approximate surface area is 143 Å². The maximum atomic E-state index is 10.8. The Hall–Kier alpha value is -2.49. The SMILES string of the molecule is COc1ccc(OCCOc2cccc(C=O)c2)c(C(C)(C)C)c1. The molecule has 0 bridgehead atoms. The number of carbonyl (C=O) groups excluding carboxylic acids is 1. The Morgan fingerprint density at radius 3 is 2.38 bits per heavy atom. The summed E-state index contributed by atoms with van der Waals surface area (Å²) in [5, 5.41) is 0. The van der Waals surface area contributed by atoms with Crippen molar-refractivity contribution >= 4 is 6.29 Å². The second kappa shape index (κ2) is 7.86. The van der Waals surface area contributed by atoms with Crippen LogP contribution >= 0.6 is 0 Å². The Bertz CT molecular complexity index is 686. The van der Waals surface area contributed by atoms with E-state index in [0.717, 1.165) is 23.3 Å². The molecule has 0 aliphatic carbocycles. The zero-order chi connectivity index (χ0) is 17.6. The summed E-state index contributed by atoms with van der Waals surface area (Å²) in [5.74, 6) is 2.30. The summed E-state index contributed by atoms with van der Waals surface area (Å²) < 4.78 is 16.8. The van der Waals surface area contributed by atoms with Crippen LogP contribution in [0.1, 0.15) is 36.7 Å². The second-order valence-electron chi connectivity index (χ2n) is 6.50. The minimum Gasteiger partial charge on any atom is -0.497 e. The lowest BCUT2D eigenvalue weighted by Crippen LogP contribution is -2.16. The van der Waals surface area contributed by atoms with Gasteiger partial charge < -0.3 is 14.2 Å². The molecule has 0 aliphatic rings. The van der Waals surface area contributed by atoms with Gasteiger partial charge in [0, 0.05) is 11.1 Å². The fourth-order valence-corrected chi connectivity index (χ4v) is 2.34. The first-order valence-electron chi connectivity index (χ1n) is 7.93. The number of aldehydes is 1. The fraction of sp³-hybridized carbons (Fsp3) is 0.350. The van der Waals surface area contributed by atoms with Crippen LogP contribution in [0.5, 0.6) is 17.2 Å². The highest BCUT2D eigenvalue weighted by Crippen LogP contribution is 2.34. The Morgan fingerprint density at radius 1 is 0.958 bits per heavy atom. The number of benzene rings is 2. The molecule has 0 fully saturated rings. The van der Waals surface area contributed by atoms with Gasteiger partial charge in [0.15, 0.2) is 0 Å². The second-order valence-corrected chi connectivity index (χ2v) is 6.50. The summed E-state index contributed by atoms with van der Waals surface area (Å²) >= 11 is 0. The van der Waals surface area contributed by atoms with Crippen LogP contribution in [0.25, 0.3) is 0 Å². The van der Waals surface area contributed by atoms with Crippen molar-refractivity contribution in [3.8, 4) is 17.2 Å². The van der Waals surface area contributed by atoms with Crippen molar-refractivity contribution in [2.45, 2.75) is 26.2 Å². The van der Waals surface area contributed by atoms with Gasteiger partial charge in [0.05, 0.1) is 7.11 Å². The van der Waals surface area contributed by atoms with E-state index in [2.05, 4.69) is 20.8 Å². The maximum Gasteiger partial charge on any atom is 0.150 e. The Morgan fingerprint density at radius 2 is 1.71 bits per heavy atom. The molecule has 2 aromatic rings. The van der Waals surface area contributed by atoms with Crippen LogP contribution in [0.2, 0.25) is 0 Å². The molecule has 4 nitrogen and oxygen atoms in total. The Kier molecular flexibility index (Phi) is 5.85. The molecule has 2 aromatic carbocycles. The van der Waals surface area contributed by atoms with Crippen LogP contribution in [0.4, 0.5) is 0 Å². The molecule has 4 heteroatoms. The largest absolute Gasteiger partial charge is 0.497 e. The van der Waals surface area contributed by atoms with Crippen LogP contribution in [-0.4, -0.2) is 26.6 Å². The van der Waals surface area contributed by atoms with E-state index in [1.54, 1.807) is 25.3 Å². The minimum atomic E-state index is -0.0526. The molecule has 2 rings (SSSR count). The lowest BCUT2D eigenvalue weighted by Gasteiger charge is -2.23. The number of carbonyl (C=O) groups is 1. The molecule has 0 aromatic heterocycles. The fourth-order valence-electron chi connectivity index (χ4n) is 2.34. The zero-order valence-corrected chi connectivity index (χ0v) is 14.7. The van der Waals surface area contributed by atoms with Crippen molar-refractivity contribution in [1.29, 1.82) is 0 Å². The van der Waals surface area contributed by atoms with Gasteiger partial charge in [-0.15, -0.1) is 0 Å². The van der Waals surface area contributed by atoms with Crippen LogP contribution in [0, 0.1) is 0 Å². The highest BCUT2D eigenvalue weighted by atomic mass is 16.5. The van der Waals surface area contributed by atoms with E-state index in [0.29, 0.717) is 24.5 Å². The lowest BCUT2D eigenvalue weighted by molar-refractivity contribution is 0.112. The van der Waals surface area contributed by atoms with Crippen molar-refractivity contribution in [3.05, 3.63) is 53.6 Å². The first kappa shape index (κ1) is 17.9. The van der Waals surface area contributed by atoms with E-state index in [1.807, 2.05) is 24.3 Å². The summed E-state index contributed by atoms with van der Waals surface area (Å²) in [7, 11) is 1.66. The van der Waals surface area contributed by atoms with E-state index in [1.165, 1.54) is 0 Å². The molecule has 0 spiro atoms. The van der Waals surface area contributed by atoms with Gasteiger partial charge in [0.2, 0.25) is 0 Å². The van der Waals surface area contributed by atoms with Gasteiger partial charge >= 0.3 is 0 Å². The first-order chi connectivity index (χ1) is 11.4. The van der Waals surface area contributed by atoms with Crippen LogP contribution in [-0.2, 0) is 5.41 Å². The smallest absolute Gasteiger partial charge is 0.150 e. The maximum absolute atomic E-state index is 10.8. The molecule has 128 valence electrons. The molecule has 0 aliphatic heterocycles. The average Bonchev–Trinajstić information content (AvgIpc) is 2.58. The molecule has 0 unspecified atom stereocenters. The topological polar surface area (TPSA) is 44.8 Å². The summed E-state index contributed by atoms with van der Waals surface area (Å²) in [4.78, 5) is 10.8. The molecular weight excluding hydrogens is 304 g/mol. The van der Waals surface area contributed by atoms with Crippen LogP contribution < -0.4 is 14.2 Å². The number of methoxy groups -OCH3 is 1. The van der Waals surface area contributed by atoms with Gasteiger partial charge in [0.1, 0.15) is 36.7 Å². The molecule has 0 atom stereocenters. The van der Waals surface area contributed by atoms with Crippen LogP contribution in [0.15, 0.2) is 42.5 Å². The summed E-state index contributed by atoms with van der Waals surface area (Å²) in [6.45, 7) is 7.22. The molecule has 0 amide bonds. The van der Waals surface area contributed by atoms with E-state index < -0.39 is 0 Å². The number of rotatable bonds is 7. The average molecular weight is 328 g/mol. The summed E-state index contributed by atoms with van der Waals surface area (Å²) in [5.41, 5.74) is 1.63. The van der Waals surface area contributed by atoms with Crippen molar-refractivity contribution in [2.75, 3.05) is 20.3 Å². The van der Waals surface area contributed by atoms with Crippen molar-refractivity contribution < 1.29 is 19.0 Å². The highest BCUT2D eigenvalue weighted by Gasteiger charge is 2.20. The third-order valence-electron chi connectivity index (χ3n) is 3.60. The van der Waals surface area contributed by atoms with E-state index in [-0.39, 0.29) is 5.41 Å². The number of ether oxygens (including phenoxy) is 3. The summed E-state index contributed by atoms with van der Waals surface area (Å²) in [6.07, 6.45) is 0.802. The standard InChI is InChI=1S/C20H24O4/c1-20(2,3)18-13-16(22-4)8-9-19(18)24-11-10-23-17-7-5-6-15(12-17)14-21/h5-9,12-14H,10-11H2,1-4H3. The predicted molar refractivity (Wildman–Crippen MR) is 94.5 cm³/mol. The molecule has 0 heterocycles. The number of hydrogen-bond donors (Lipinski definition) is 0.